The molecule has 2 nitrogen and oxygen atoms in total. The fourth-order valence-corrected chi connectivity index (χ4v) is 3.92. The average Bonchev–Trinajstić information content (AvgIpc) is 2.48. The highest BCUT2D eigenvalue weighted by Crippen LogP contribution is 2.41. The summed E-state index contributed by atoms with van der Waals surface area (Å²) in [6.07, 6.45) is 4.59. The molecule has 0 radical (unpaired) electrons. The molecule has 0 aromatic heterocycles. The Morgan fingerprint density at radius 2 is 2.46 bits per heavy atom. The molecule has 1 saturated heterocycles. The summed E-state index contributed by atoms with van der Waals surface area (Å²) in [5.41, 5.74) is 5.63. The lowest BCUT2D eigenvalue weighted by Gasteiger charge is -2.22. The Morgan fingerprint density at radius 1 is 1.69 bits per heavy atom. The zero-order valence-corrected chi connectivity index (χ0v) is 8.74. The second-order valence-electron chi connectivity index (χ2n) is 3.47. The van der Waals surface area contributed by atoms with Crippen molar-refractivity contribution in [3.8, 4) is 0 Å². The zero-order chi connectivity index (χ0) is 9.42. The molecule has 3 atom stereocenters. The molecule has 0 saturated carbocycles. The van der Waals surface area contributed by atoms with Crippen molar-refractivity contribution in [1.82, 2.24) is 0 Å². The van der Waals surface area contributed by atoms with Gasteiger partial charge in [0.2, 0.25) is 0 Å². The van der Waals surface area contributed by atoms with Crippen LogP contribution in [0.25, 0.3) is 0 Å². The Morgan fingerprint density at radius 3 is 3.15 bits per heavy atom. The predicted molar refractivity (Wildman–Crippen MR) is 58.8 cm³/mol. The summed E-state index contributed by atoms with van der Waals surface area (Å²) in [5.74, 6) is 1.67. The third-order valence-electron chi connectivity index (χ3n) is 2.70. The van der Waals surface area contributed by atoms with Crippen LogP contribution in [0.3, 0.4) is 0 Å². The van der Waals surface area contributed by atoms with E-state index in [9.17, 15) is 4.79 Å². The van der Waals surface area contributed by atoms with E-state index in [0.29, 0.717) is 10.9 Å². The van der Waals surface area contributed by atoms with Gasteiger partial charge in [0.1, 0.15) is 0 Å². The van der Waals surface area contributed by atoms with Gasteiger partial charge < -0.3 is 5.73 Å². The van der Waals surface area contributed by atoms with Crippen LogP contribution in [0.15, 0.2) is 12.2 Å². The molecule has 0 aromatic rings. The molecule has 0 aromatic carbocycles. The number of thioether (sulfide) groups is 1. The number of carbonyl (C=O) groups excluding carboxylic acids is 1. The summed E-state index contributed by atoms with van der Waals surface area (Å²) < 4.78 is 0. The first-order chi connectivity index (χ1) is 6.20. The molecular formula is C9H11NOS2. The van der Waals surface area contributed by atoms with Crippen LogP contribution < -0.4 is 5.73 Å². The summed E-state index contributed by atoms with van der Waals surface area (Å²) in [6.45, 7) is 0. The summed E-state index contributed by atoms with van der Waals surface area (Å²) >= 11 is 6.72. The molecule has 13 heavy (non-hydrogen) atoms. The summed E-state index contributed by atoms with van der Waals surface area (Å²) in [4.78, 5) is 12.0. The number of carbonyl (C=O) groups is 1. The van der Waals surface area contributed by atoms with Crippen LogP contribution in [-0.2, 0) is 4.79 Å². The fraction of sp³-hybridized carbons (Fsp3) is 0.556. The first-order valence-electron chi connectivity index (χ1n) is 4.31. The van der Waals surface area contributed by atoms with Crippen molar-refractivity contribution in [3.63, 3.8) is 0 Å². The van der Waals surface area contributed by atoms with Gasteiger partial charge in [0.15, 0.2) is 5.78 Å². The first-order valence-corrected chi connectivity index (χ1v) is 5.77. The molecule has 0 bridgehead atoms. The van der Waals surface area contributed by atoms with Crippen LogP contribution in [0.1, 0.15) is 6.42 Å². The second kappa shape index (κ2) is 3.42. The highest BCUT2D eigenvalue weighted by atomic mass is 32.2. The second-order valence-corrected chi connectivity index (χ2v) is 5.11. The third kappa shape index (κ3) is 1.53. The molecule has 2 aliphatic rings. The topological polar surface area (TPSA) is 43.1 Å². The van der Waals surface area contributed by atoms with Gasteiger partial charge in [-0.1, -0.05) is 18.3 Å². The number of nitrogens with two attached hydrogens (primary N) is 1. The molecular weight excluding hydrogens is 202 g/mol. The van der Waals surface area contributed by atoms with Crippen molar-refractivity contribution in [1.29, 1.82) is 0 Å². The maximum Gasteiger partial charge on any atom is 0.159 e. The van der Waals surface area contributed by atoms with Gasteiger partial charge in [-0.25, -0.2) is 0 Å². The summed E-state index contributed by atoms with van der Waals surface area (Å²) in [5, 5.41) is 0.217. The van der Waals surface area contributed by atoms with E-state index < -0.39 is 0 Å². The standard InChI is InChI=1S/C9H11NOS2/c10-9(12)8-5-2-1-3-7(11)6(5)4-13-8/h1,3,5-6,8H,2,4H2,(H2,10,12). The monoisotopic (exact) mass is 213 g/mol. The van der Waals surface area contributed by atoms with E-state index in [2.05, 4.69) is 0 Å². The number of allylic oxidation sites excluding steroid dienone is 2. The summed E-state index contributed by atoms with van der Waals surface area (Å²) in [7, 11) is 0. The Balaban J connectivity index is 2.21. The maximum atomic E-state index is 11.5. The van der Waals surface area contributed by atoms with Gasteiger partial charge in [0.25, 0.3) is 0 Å². The van der Waals surface area contributed by atoms with Crippen LogP contribution in [0.5, 0.6) is 0 Å². The largest absolute Gasteiger partial charge is 0.392 e. The predicted octanol–water partition coefficient (Wildman–Crippen LogP) is 1.15. The van der Waals surface area contributed by atoms with Crippen molar-refractivity contribution in [2.75, 3.05) is 5.75 Å². The summed E-state index contributed by atoms with van der Waals surface area (Å²) in [6, 6.07) is 0. The minimum atomic E-state index is 0.168. The van der Waals surface area contributed by atoms with Crippen molar-refractivity contribution >= 4 is 34.8 Å². The van der Waals surface area contributed by atoms with E-state index in [-0.39, 0.29) is 17.0 Å². The van der Waals surface area contributed by atoms with Gasteiger partial charge in [-0.2, -0.15) is 11.8 Å². The Labute approximate surface area is 86.9 Å². The van der Waals surface area contributed by atoms with Gasteiger partial charge >= 0.3 is 0 Å². The van der Waals surface area contributed by atoms with Gasteiger partial charge in [0.05, 0.1) is 10.2 Å². The fourth-order valence-electron chi connectivity index (χ4n) is 2.00. The normalized spacial score (nSPS) is 37.5. The Bertz CT molecular complexity index is 287. The molecule has 1 heterocycles. The highest BCUT2D eigenvalue weighted by Gasteiger charge is 2.41. The first kappa shape index (κ1) is 9.21. The zero-order valence-electron chi connectivity index (χ0n) is 7.10. The van der Waals surface area contributed by atoms with Crippen molar-refractivity contribution < 1.29 is 4.79 Å². The quantitative estimate of drug-likeness (QED) is 0.664. The number of hydrogen-bond donors (Lipinski definition) is 1. The van der Waals surface area contributed by atoms with Crippen LogP contribution in [0.2, 0.25) is 0 Å². The third-order valence-corrected chi connectivity index (χ3v) is 4.61. The van der Waals surface area contributed by atoms with Gasteiger partial charge in [-0.15, -0.1) is 0 Å². The number of rotatable bonds is 1. The SMILES string of the molecule is NC(=S)C1SCC2C(=O)C=CCC21. The molecule has 70 valence electrons. The molecule has 2 N–H and O–H groups in total. The van der Waals surface area contributed by atoms with E-state index >= 15 is 0 Å². The number of ketones is 1. The molecule has 2 rings (SSSR count). The molecule has 0 spiro atoms. The van der Waals surface area contributed by atoms with Gasteiger partial charge in [0, 0.05) is 11.7 Å². The van der Waals surface area contributed by atoms with Crippen LogP contribution in [-0.4, -0.2) is 21.8 Å². The highest BCUT2D eigenvalue weighted by molar-refractivity contribution is 8.02. The Kier molecular flexibility index (Phi) is 2.43. The van der Waals surface area contributed by atoms with E-state index in [1.165, 1.54) is 0 Å². The van der Waals surface area contributed by atoms with E-state index in [1.807, 2.05) is 6.08 Å². The van der Waals surface area contributed by atoms with E-state index in [0.717, 1.165) is 12.2 Å². The molecule has 1 fully saturated rings. The minimum absolute atomic E-state index is 0.168. The number of hydrogen-bond acceptors (Lipinski definition) is 3. The lowest BCUT2D eigenvalue weighted by atomic mass is 9.81. The minimum Gasteiger partial charge on any atom is -0.392 e. The Hall–Kier alpha value is -0.350. The van der Waals surface area contributed by atoms with Crippen LogP contribution in [0.4, 0.5) is 0 Å². The lowest BCUT2D eigenvalue weighted by molar-refractivity contribution is -0.119. The maximum absolute atomic E-state index is 11.5. The molecule has 3 unspecified atom stereocenters. The number of fused-ring (bicyclic) bond motifs is 1. The van der Waals surface area contributed by atoms with E-state index in [4.69, 9.17) is 18.0 Å². The van der Waals surface area contributed by atoms with Gasteiger partial charge in [-0.05, 0) is 18.4 Å². The van der Waals surface area contributed by atoms with Crippen molar-refractivity contribution in [2.24, 2.45) is 17.6 Å². The molecule has 1 aliphatic heterocycles. The molecule has 4 heteroatoms. The van der Waals surface area contributed by atoms with Crippen molar-refractivity contribution in [2.45, 2.75) is 11.7 Å². The van der Waals surface area contributed by atoms with Crippen LogP contribution >= 0.6 is 24.0 Å². The molecule has 1 aliphatic carbocycles. The lowest BCUT2D eigenvalue weighted by Crippen LogP contribution is -2.34. The average molecular weight is 213 g/mol. The smallest absolute Gasteiger partial charge is 0.159 e. The van der Waals surface area contributed by atoms with E-state index in [1.54, 1.807) is 17.8 Å². The number of thiocarbonyl (C=S) groups is 1. The van der Waals surface area contributed by atoms with Crippen LogP contribution in [0, 0.1) is 11.8 Å². The molecule has 0 amide bonds. The van der Waals surface area contributed by atoms with Gasteiger partial charge in [-0.3, -0.25) is 4.79 Å². The van der Waals surface area contributed by atoms with Crippen molar-refractivity contribution in [3.05, 3.63) is 12.2 Å².